The van der Waals surface area contributed by atoms with Gasteiger partial charge in [-0.25, -0.2) is 0 Å². The first-order chi connectivity index (χ1) is 28.2. The van der Waals surface area contributed by atoms with Crippen LogP contribution in [0.25, 0.3) is 10.4 Å². The van der Waals surface area contributed by atoms with Gasteiger partial charge in [-0.15, -0.1) is 0 Å². The van der Waals surface area contributed by atoms with Crippen molar-refractivity contribution in [2.75, 3.05) is 157 Å². The largest absolute Gasteiger partial charge is 0.379 e. The number of rotatable bonds is 42. The molecule has 0 aromatic heterocycles. The summed E-state index contributed by atoms with van der Waals surface area (Å²) >= 11 is 0. The van der Waals surface area contributed by atoms with E-state index in [-0.39, 0.29) is 45.7 Å². The predicted octanol–water partition coefficient (Wildman–Crippen LogP) is -8.37. The van der Waals surface area contributed by atoms with E-state index in [0.29, 0.717) is 32.7 Å². The fourth-order valence-corrected chi connectivity index (χ4v) is 4.96. The molecule has 19 N–H and O–H groups in total. The lowest BCUT2D eigenvalue weighted by Gasteiger charge is -2.22. The molecular weight excluding hydrogens is 756 g/mol. The van der Waals surface area contributed by atoms with E-state index in [1.54, 1.807) is 0 Å². The van der Waals surface area contributed by atoms with Crippen LogP contribution < -0.4 is 80.6 Å². The summed E-state index contributed by atoms with van der Waals surface area (Å²) < 4.78 is 5.31. The average Bonchev–Trinajstić information content (AvgIpc) is 3.20. The lowest BCUT2D eigenvalue weighted by Crippen LogP contribution is -2.56. The third-order valence-corrected chi connectivity index (χ3v) is 7.88. The third-order valence-electron chi connectivity index (χ3n) is 7.88. The van der Waals surface area contributed by atoms with Gasteiger partial charge in [0.1, 0.15) is 12.1 Å². The zero-order valence-corrected chi connectivity index (χ0v) is 34.7. The number of amides is 5. The van der Waals surface area contributed by atoms with Gasteiger partial charge >= 0.3 is 0 Å². The molecule has 58 heavy (non-hydrogen) atoms. The molecule has 0 rings (SSSR count). The molecular formula is C34H76N18O6+2. The van der Waals surface area contributed by atoms with E-state index in [1.807, 2.05) is 0 Å². The fourth-order valence-electron chi connectivity index (χ4n) is 4.96. The Morgan fingerprint density at radius 3 is 1.28 bits per heavy atom. The molecule has 0 saturated carbocycles. The van der Waals surface area contributed by atoms with E-state index >= 15 is 0 Å². The monoisotopic (exact) mass is 833 g/mol. The summed E-state index contributed by atoms with van der Waals surface area (Å²) in [5, 5.41) is 42.8. The Kier molecular flexibility index (Phi) is 38.7. The van der Waals surface area contributed by atoms with Gasteiger partial charge in [0.15, 0.2) is 0 Å². The highest BCUT2D eigenvalue weighted by Crippen LogP contribution is 1.99. The molecule has 0 bridgehead atoms. The van der Waals surface area contributed by atoms with Crippen LogP contribution in [0, 0.1) is 0 Å². The Labute approximate surface area is 343 Å². The van der Waals surface area contributed by atoms with Gasteiger partial charge in [-0.1, -0.05) is 5.11 Å². The van der Waals surface area contributed by atoms with Crippen molar-refractivity contribution in [3.63, 3.8) is 0 Å². The van der Waals surface area contributed by atoms with E-state index in [9.17, 15) is 24.0 Å². The Morgan fingerprint density at radius 1 is 0.517 bits per heavy atom. The maximum Gasteiger partial charge on any atom is 0.243 e. The van der Waals surface area contributed by atoms with Crippen molar-refractivity contribution < 1.29 is 40.2 Å². The molecule has 0 heterocycles. The molecule has 2 atom stereocenters. The van der Waals surface area contributed by atoms with Gasteiger partial charge in [0.05, 0.1) is 39.1 Å². The van der Waals surface area contributed by atoms with Crippen LogP contribution in [0.5, 0.6) is 0 Å². The van der Waals surface area contributed by atoms with Crippen molar-refractivity contribution >= 4 is 29.5 Å². The number of ether oxygens (including phenoxy) is 1. The zero-order chi connectivity index (χ0) is 42.7. The number of nitrogens with zero attached hydrogens (tertiary/aromatic N) is 3. The molecule has 0 unspecified atom stereocenters. The summed E-state index contributed by atoms with van der Waals surface area (Å²) in [7, 11) is 0. The summed E-state index contributed by atoms with van der Waals surface area (Å²) in [6, 6.07) is -2.60. The number of hydrogen-bond acceptors (Lipinski definition) is 15. The Balaban J connectivity index is 4.77. The summed E-state index contributed by atoms with van der Waals surface area (Å²) in [5.41, 5.74) is 16.0. The summed E-state index contributed by atoms with van der Waals surface area (Å²) in [6.07, 6.45) is -0.768. The first-order valence-electron chi connectivity index (χ1n) is 20.5. The van der Waals surface area contributed by atoms with Gasteiger partial charge in [0.2, 0.25) is 29.5 Å². The second kappa shape index (κ2) is 41.4. The van der Waals surface area contributed by atoms with Crippen LogP contribution in [0.3, 0.4) is 0 Å². The molecule has 0 aromatic rings. The van der Waals surface area contributed by atoms with Gasteiger partial charge in [-0.2, -0.15) is 0 Å². The topological polar surface area (TPSA) is 355 Å². The number of azide groups is 1. The lowest BCUT2D eigenvalue weighted by molar-refractivity contribution is -0.365. The maximum atomic E-state index is 13.4. The van der Waals surface area contributed by atoms with Crippen LogP contribution in [-0.4, -0.2) is 199 Å². The van der Waals surface area contributed by atoms with E-state index in [1.165, 1.54) is 6.92 Å². The Hall–Kier alpha value is -3.78. The van der Waals surface area contributed by atoms with E-state index in [2.05, 4.69) is 90.6 Å². The minimum Gasteiger partial charge on any atom is -0.379 e. The van der Waals surface area contributed by atoms with Crippen molar-refractivity contribution in [1.82, 2.24) is 69.1 Å². The highest BCUT2D eigenvalue weighted by Gasteiger charge is 2.29. The third kappa shape index (κ3) is 36.6. The Bertz CT molecular complexity index is 1120. The number of hydrogen-bond donors (Lipinski definition) is 15. The predicted molar refractivity (Wildman–Crippen MR) is 221 cm³/mol. The van der Waals surface area contributed by atoms with Crippen molar-refractivity contribution in [3.8, 4) is 0 Å². The molecule has 0 aromatic carbocycles. The van der Waals surface area contributed by atoms with E-state index < -0.39 is 41.6 Å². The van der Waals surface area contributed by atoms with Crippen molar-refractivity contribution in [3.05, 3.63) is 10.4 Å². The highest BCUT2D eigenvalue weighted by atomic mass is 16.5. The SMILES string of the molecule is CC(=O)N[C@H](CC(=O)NCCNCCNCCNCCNCC[NH3+])C(=O)N[C@@H](CC(=O)NCCNCCNCCNCCNCC[NH3+])C(=O)NCCOCCN=[N+]=[N-]. The summed E-state index contributed by atoms with van der Waals surface area (Å²) in [4.78, 5) is 66.7. The zero-order valence-electron chi connectivity index (χ0n) is 34.7. The number of nitrogens with one attached hydrogen (secondary N) is 13. The average molecular weight is 833 g/mol. The molecule has 0 saturated heterocycles. The Morgan fingerprint density at radius 2 is 0.897 bits per heavy atom. The van der Waals surface area contributed by atoms with Crippen molar-refractivity contribution in [1.29, 1.82) is 0 Å². The molecule has 336 valence electrons. The van der Waals surface area contributed by atoms with E-state index in [0.717, 1.165) is 91.6 Å². The molecule has 0 radical (unpaired) electrons. The van der Waals surface area contributed by atoms with Gasteiger partial charge < -0.3 is 85.3 Å². The minimum absolute atomic E-state index is 0.0551. The van der Waals surface area contributed by atoms with Crippen LogP contribution in [0.15, 0.2) is 5.11 Å². The molecule has 0 aliphatic rings. The van der Waals surface area contributed by atoms with Crippen LogP contribution >= 0.6 is 0 Å². The van der Waals surface area contributed by atoms with Crippen molar-refractivity contribution in [2.24, 2.45) is 5.11 Å². The summed E-state index contributed by atoms with van der Waals surface area (Å²) in [6.45, 7) is 16.6. The van der Waals surface area contributed by atoms with Crippen LogP contribution in [0.4, 0.5) is 0 Å². The lowest BCUT2D eigenvalue weighted by atomic mass is 10.1. The first-order valence-corrected chi connectivity index (χ1v) is 20.5. The van der Waals surface area contributed by atoms with Gasteiger partial charge in [-0.3, -0.25) is 24.0 Å². The summed E-state index contributed by atoms with van der Waals surface area (Å²) in [5.74, 6) is -2.96. The maximum absolute atomic E-state index is 13.4. The number of quaternary nitrogens is 2. The molecule has 0 spiro atoms. The molecule has 24 nitrogen and oxygen atoms in total. The minimum atomic E-state index is -1.31. The van der Waals surface area contributed by atoms with Gasteiger partial charge in [0, 0.05) is 143 Å². The second-order valence-electron chi connectivity index (χ2n) is 13.0. The van der Waals surface area contributed by atoms with Crippen LogP contribution in [0.1, 0.15) is 19.8 Å². The molecule has 0 aliphatic carbocycles. The fraction of sp³-hybridized carbons (Fsp3) is 0.853. The molecule has 5 amide bonds. The van der Waals surface area contributed by atoms with Gasteiger partial charge in [-0.05, 0) is 5.53 Å². The molecule has 0 fully saturated rings. The first kappa shape index (κ1) is 54.2. The van der Waals surface area contributed by atoms with Crippen LogP contribution in [0.2, 0.25) is 0 Å². The van der Waals surface area contributed by atoms with Gasteiger partial charge in [0.25, 0.3) is 0 Å². The molecule has 24 heteroatoms. The quantitative estimate of drug-likeness (QED) is 0.0118. The normalized spacial score (nSPS) is 11.9. The van der Waals surface area contributed by atoms with Crippen LogP contribution in [-0.2, 0) is 28.7 Å². The van der Waals surface area contributed by atoms with Crippen molar-refractivity contribution in [2.45, 2.75) is 31.8 Å². The smallest absolute Gasteiger partial charge is 0.243 e. The number of carbonyl (C=O) groups is 5. The molecule has 0 aliphatic heterocycles. The highest BCUT2D eigenvalue weighted by molar-refractivity contribution is 5.96. The number of carbonyl (C=O) groups excluding carboxylic acids is 5. The standard InChI is InChI=1S/C34H74N18O6/c1-28(53)50-30(27-32(55)47-21-19-45-17-15-43-13-11-41-9-7-39-5-3-36)34(57)51-29(33(56)48-22-24-58-25-23-49-52-37)26-31(54)46-20-18-44-16-14-42-12-10-40-8-6-38-4-2-35/h29-30,38-45H,2-27,35-36H2,1H3,(H,46,54)(H,47,55)(H,48,56)(H,50,53)(H,51,57)/p+2/t29-,30+/m0/s1. The van der Waals surface area contributed by atoms with E-state index in [4.69, 9.17) is 10.3 Å². The second-order valence-corrected chi connectivity index (χ2v) is 13.0.